The molecule has 0 saturated heterocycles. The summed E-state index contributed by atoms with van der Waals surface area (Å²) in [5, 5.41) is 3.52. The third-order valence-corrected chi connectivity index (χ3v) is 5.34. The van der Waals surface area contributed by atoms with Gasteiger partial charge in [-0.2, -0.15) is 0 Å². The molecule has 1 aromatic heterocycles. The molecule has 0 aliphatic rings. The summed E-state index contributed by atoms with van der Waals surface area (Å²) >= 11 is 1.12. The van der Waals surface area contributed by atoms with E-state index in [1.807, 2.05) is 19.0 Å². The number of nitrogens with zero attached hydrogens (tertiary/aromatic N) is 1. The van der Waals surface area contributed by atoms with Crippen molar-refractivity contribution in [3.63, 3.8) is 0 Å². The quantitative estimate of drug-likeness (QED) is 0.736. The summed E-state index contributed by atoms with van der Waals surface area (Å²) in [6.45, 7) is 4.85. The number of Topliss-reactive ketones (excluding diaryl/α,β-unsaturated/α-hetero) is 1. The van der Waals surface area contributed by atoms with E-state index >= 15 is 0 Å². The maximum atomic E-state index is 12.1. The molecule has 0 aliphatic carbocycles. The molecule has 120 valence electrons. The number of carbonyl (C=O) groups excluding carboxylic acids is 1. The number of thiophene rings is 1. The van der Waals surface area contributed by atoms with Gasteiger partial charge in [-0.05, 0) is 14.1 Å². The third-order valence-electron chi connectivity index (χ3n) is 2.86. The Hall–Kier alpha value is -1.12. The lowest BCUT2D eigenvalue weighted by atomic mass is 10.1. The van der Waals surface area contributed by atoms with E-state index in [-0.39, 0.29) is 22.3 Å². The Morgan fingerprint density at radius 3 is 2.38 bits per heavy atom. The molecule has 21 heavy (non-hydrogen) atoms. The lowest BCUT2D eigenvalue weighted by Crippen LogP contribution is -2.21. The Bertz CT molecular complexity index is 619. The normalized spacial score (nSPS) is 12.1. The molecule has 0 atom stereocenters. The van der Waals surface area contributed by atoms with E-state index in [0.29, 0.717) is 16.4 Å². The van der Waals surface area contributed by atoms with Crippen LogP contribution in [0.4, 0.5) is 10.7 Å². The Labute approximate surface area is 130 Å². The summed E-state index contributed by atoms with van der Waals surface area (Å²) in [6, 6.07) is 0. The van der Waals surface area contributed by atoms with Crippen molar-refractivity contribution in [1.82, 2.24) is 4.90 Å². The van der Waals surface area contributed by atoms with Gasteiger partial charge in [0.05, 0.1) is 10.6 Å². The predicted octanol–water partition coefficient (Wildman–Crippen LogP) is 1.55. The number of nitrogens with one attached hydrogen (secondary N) is 1. The van der Waals surface area contributed by atoms with Gasteiger partial charge in [-0.1, -0.05) is 13.8 Å². The van der Waals surface area contributed by atoms with Gasteiger partial charge in [-0.15, -0.1) is 11.3 Å². The minimum Gasteiger partial charge on any atom is -0.396 e. The van der Waals surface area contributed by atoms with Crippen molar-refractivity contribution >= 4 is 37.6 Å². The number of likely N-dealkylation sites (N-methyl/N-ethyl adjacent to an activating group) is 1. The molecule has 0 spiro atoms. The van der Waals surface area contributed by atoms with Crippen LogP contribution < -0.4 is 11.1 Å². The van der Waals surface area contributed by atoms with Crippen molar-refractivity contribution in [1.29, 1.82) is 0 Å². The highest BCUT2D eigenvalue weighted by Gasteiger charge is 2.27. The van der Waals surface area contributed by atoms with Gasteiger partial charge >= 0.3 is 0 Å². The molecule has 0 unspecified atom stereocenters. The first kappa shape index (κ1) is 17.9. The summed E-state index contributed by atoms with van der Waals surface area (Å²) in [7, 11) is 0.356. The molecule has 1 rings (SSSR count). The largest absolute Gasteiger partial charge is 0.396 e. The standard InChI is InChI=1S/C13H23N3O3S2/c1-8(2)10(17)11-9(14)12(21(5,18)19)13(20-11)15-6-7-16(3)4/h8,15H,6-7,14H2,1-5H3. The van der Waals surface area contributed by atoms with Crippen LogP contribution >= 0.6 is 11.3 Å². The number of nitrogens with two attached hydrogens (primary N) is 1. The second-order valence-corrected chi connectivity index (χ2v) is 8.50. The molecule has 0 aliphatic heterocycles. The van der Waals surface area contributed by atoms with Crippen LogP contribution in [0.25, 0.3) is 0 Å². The number of anilines is 2. The zero-order valence-electron chi connectivity index (χ0n) is 13.1. The van der Waals surface area contributed by atoms with Gasteiger partial charge in [0.2, 0.25) is 0 Å². The summed E-state index contributed by atoms with van der Waals surface area (Å²) < 4.78 is 23.9. The molecule has 0 bridgehead atoms. The van der Waals surface area contributed by atoms with Crippen molar-refractivity contribution in [2.24, 2.45) is 5.92 Å². The van der Waals surface area contributed by atoms with Crippen LogP contribution in [0.2, 0.25) is 0 Å². The van der Waals surface area contributed by atoms with Crippen LogP contribution in [0, 0.1) is 5.92 Å². The first-order valence-electron chi connectivity index (χ1n) is 6.60. The Kier molecular flexibility index (Phi) is 5.77. The molecule has 0 fully saturated rings. The molecule has 1 aromatic rings. The van der Waals surface area contributed by atoms with Crippen LogP contribution in [0.3, 0.4) is 0 Å². The zero-order valence-corrected chi connectivity index (χ0v) is 14.7. The van der Waals surface area contributed by atoms with Crippen molar-refractivity contribution in [2.45, 2.75) is 18.7 Å². The minimum absolute atomic E-state index is 0.0373. The van der Waals surface area contributed by atoms with E-state index in [1.165, 1.54) is 0 Å². The molecule has 8 heteroatoms. The van der Waals surface area contributed by atoms with Gasteiger partial charge in [0.15, 0.2) is 15.6 Å². The van der Waals surface area contributed by atoms with Crippen molar-refractivity contribution in [2.75, 3.05) is 44.5 Å². The van der Waals surface area contributed by atoms with E-state index in [2.05, 4.69) is 5.32 Å². The molecule has 3 N–H and O–H groups in total. The topological polar surface area (TPSA) is 92.5 Å². The fraction of sp³-hybridized carbons (Fsp3) is 0.615. The van der Waals surface area contributed by atoms with Gasteiger partial charge < -0.3 is 16.0 Å². The average Bonchev–Trinajstić information content (AvgIpc) is 2.64. The second kappa shape index (κ2) is 6.76. The Morgan fingerprint density at radius 1 is 1.38 bits per heavy atom. The average molecular weight is 333 g/mol. The van der Waals surface area contributed by atoms with Gasteiger partial charge in [0, 0.05) is 25.3 Å². The van der Waals surface area contributed by atoms with Crippen molar-refractivity contribution in [3.8, 4) is 0 Å². The van der Waals surface area contributed by atoms with Crippen LogP contribution in [0.5, 0.6) is 0 Å². The van der Waals surface area contributed by atoms with Gasteiger partial charge in [-0.25, -0.2) is 8.42 Å². The fourth-order valence-corrected chi connectivity index (χ4v) is 4.44. The first-order valence-corrected chi connectivity index (χ1v) is 9.31. The summed E-state index contributed by atoms with van der Waals surface area (Å²) in [6.07, 6.45) is 1.10. The number of nitrogen functional groups attached to an aromatic ring is 1. The molecule has 0 radical (unpaired) electrons. The minimum atomic E-state index is -3.50. The van der Waals surface area contributed by atoms with Crippen molar-refractivity contribution in [3.05, 3.63) is 4.88 Å². The van der Waals surface area contributed by atoms with Crippen LogP contribution in [-0.4, -0.2) is 52.5 Å². The van der Waals surface area contributed by atoms with E-state index in [4.69, 9.17) is 5.73 Å². The number of hydrogen-bond donors (Lipinski definition) is 2. The summed E-state index contributed by atoms with van der Waals surface area (Å²) in [5.74, 6) is -0.365. The molecular weight excluding hydrogens is 310 g/mol. The summed E-state index contributed by atoms with van der Waals surface area (Å²) in [4.78, 5) is 14.5. The highest BCUT2D eigenvalue weighted by atomic mass is 32.2. The fourth-order valence-electron chi connectivity index (χ4n) is 1.75. The molecule has 0 saturated carbocycles. The monoisotopic (exact) mass is 333 g/mol. The number of hydrogen-bond acceptors (Lipinski definition) is 7. The molecule has 1 heterocycles. The first-order chi connectivity index (χ1) is 9.55. The lowest BCUT2D eigenvalue weighted by molar-refractivity contribution is 0.0944. The van der Waals surface area contributed by atoms with Gasteiger partial charge in [0.25, 0.3) is 0 Å². The van der Waals surface area contributed by atoms with E-state index in [0.717, 1.165) is 24.1 Å². The highest BCUT2D eigenvalue weighted by molar-refractivity contribution is 7.91. The lowest BCUT2D eigenvalue weighted by Gasteiger charge is -2.11. The van der Waals surface area contributed by atoms with E-state index in [1.54, 1.807) is 13.8 Å². The molecule has 0 amide bonds. The van der Waals surface area contributed by atoms with Crippen LogP contribution in [0.15, 0.2) is 4.90 Å². The zero-order chi connectivity index (χ0) is 16.4. The van der Waals surface area contributed by atoms with E-state index < -0.39 is 9.84 Å². The van der Waals surface area contributed by atoms with Crippen LogP contribution in [-0.2, 0) is 9.84 Å². The molecular formula is C13H23N3O3S2. The summed E-state index contributed by atoms with van der Waals surface area (Å²) in [5.41, 5.74) is 5.98. The molecule has 6 nitrogen and oxygen atoms in total. The maximum absolute atomic E-state index is 12.1. The molecule has 0 aromatic carbocycles. The Morgan fingerprint density at radius 2 is 1.95 bits per heavy atom. The number of ketones is 1. The third kappa shape index (κ3) is 4.42. The van der Waals surface area contributed by atoms with Gasteiger partial charge in [0.1, 0.15) is 9.90 Å². The number of carbonyl (C=O) groups is 1. The maximum Gasteiger partial charge on any atom is 0.180 e. The van der Waals surface area contributed by atoms with Gasteiger partial charge in [-0.3, -0.25) is 4.79 Å². The smallest absolute Gasteiger partial charge is 0.180 e. The predicted molar refractivity (Wildman–Crippen MR) is 88.1 cm³/mol. The number of rotatable bonds is 7. The van der Waals surface area contributed by atoms with Crippen molar-refractivity contribution < 1.29 is 13.2 Å². The van der Waals surface area contributed by atoms with Crippen LogP contribution in [0.1, 0.15) is 23.5 Å². The highest BCUT2D eigenvalue weighted by Crippen LogP contribution is 2.40. The second-order valence-electron chi connectivity index (χ2n) is 5.52. The Balaban J connectivity index is 3.23. The number of sulfone groups is 1. The van der Waals surface area contributed by atoms with E-state index in [9.17, 15) is 13.2 Å². The SMILES string of the molecule is CC(C)C(=O)c1sc(NCCN(C)C)c(S(C)(=O)=O)c1N.